The molecule has 1 aromatic carbocycles. The van der Waals surface area contributed by atoms with Crippen molar-refractivity contribution in [2.75, 3.05) is 26.8 Å². The number of rotatable bonds is 9. The molecule has 0 spiro atoms. The molecule has 0 aromatic heterocycles. The highest BCUT2D eigenvalue weighted by Crippen LogP contribution is 2.16. The topological polar surface area (TPSA) is 64.6 Å². The molecule has 0 amide bonds. The van der Waals surface area contributed by atoms with Crippen LogP contribution in [0.25, 0.3) is 0 Å². The van der Waals surface area contributed by atoms with Gasteiger partial charge in [0.15, 0.2) is 0 Å². The largest absolute Gasteiger partial charge is 0.469 e. The van der Waals surface area contributed by atoms with Crippen LogP contribution in [0.4, 0.5) is 0 Å². The lowest BCUT2D eigenvalue weighted by molar-refractivity contribution is -0.144. The fourth-order valence-corrected chi connectivity index (χ4v) is 2.00. The van der Waals surface area contributed by atoms with Crippen LogP contribution in [0.15, 0.2) is 30.3 Å². The lowest BCUT2D eigenvalue weighted by Crippen LogP contribution is -2.28. The molecule has 116 valence electrons. The average Bonchev–Trinajstić information content (AvgIpc) is 2.51. The molecule has 0 aliphatic carbocycles. The summed E-state index contributed by atoms with van der Waals surface area (Å²) in [5.41, 5.74) is 0.919. The standard InChI is InChI=1S/C16H23NO4/c1-3-21-15(18)10-7-11-17-12-14(16(19)20-2)13-8-5-4-6-9-13/h4-6,8-9,14,17H,3,7,10-12H2,1-2H3. The van der Waals surface area contributed by atoms with Crippen LogP contribution in [0.3, 0.4) is 0 Å². The Bertz CT molecular complexity index is 433. The molecule has 0 bridgehead atoms. The third-order valence-corrected chi connectivity index (χ3v) is 3.08. The summed E-state index contributed by atoms with van der Waals surface area (Å²) in [6.45, 7) is 3.33. The van der Waals surface area contributed by atoms with E-state index in [1.807, 2.05) is 30.3 Å². The summed E-state index contributed by atoms with van der Waals surface area (Å²) in [4.78, 5) is 23.0. The van der Waals surface area contributed by atoms with Crippen molar-refractivity contribution in [3.8, 4) is 0 Å². The van der Waals surface area contributed by atoms with Crippen LogP contribution >= 0.6 is 0 Å². The maximum Gasteiger partial charge on any atom is 0.314 e. The minimum absolute atomic E-state index is 0.188. The maximum atomic E-state index is 11.8. The number of carbonyl (C=O) groups excluding carboxylic acids is 2. The number of benzene rings is 1. The summed E-state index contributed by atoms with van der Waals surface area (Å²) >= 11 is 0. The van der Waals surface area contributed by atoms with E-state index in [1.165, 1.54) is 7.11 Å². The van der Waals surface area contributed by atoms with Gasteiger partial charge in [0, 0.05) is 13.0 Å². The van der Waals surface area contributed by atoms with Gasteiger partial charge in [0.2, 0.25) is 0 Å². The van der Waals surface area contributed by atoms with Gasteiger partial charge in [-0.25, -0.2) is 0 Å². The van der Waals surface area contributed by atoms with E-state index in [4.69, 9.17) is 9.47 Å². The number of esters is 2. The molecule has 0 heterocycles. The van der Waals surface area contributed by atoms with Crippen molar-refractivity contribution >= 4 is 11.9 Å². The monoisotopic (exact) mass is 293 g/mol. The molecule has 0 radical (unpaired) electrons. The second-order valence-corrected chi connectivity index (χ2v) is 4.60. The smallest absolute Gasteiger partial charge is 0.314 e. The molecule has 21 heavy (non-hydrogen) atoms. The third-order valence-electron chi connectivity index (χ3n) is 3.08. The Hall–Kier alpha value is -1.88. The highest BCUT2D eigenvalue weighted by atomic mass is 16.5. The first-order valence-electron chi connectivity index (χ1n) is 7.18. The van der Waals surface area contributed by atoms with Crippen molar-refractivity contribution in [2.45, 2.75) is 25.7 Å². The molecule has 0 saturated heterocycles. The molecule has 1 N–H and O–H groups in total. The van der Waals surface area contributed by atoms with Crippen LogP contribution in [0.1, 0.15) is 31.2 Å². The van der Waals surface area contributed by atoms with Crippen molar-refractivity contribution in [2.24, 2.45) is 0 Å². The molecule has 5 heteroatoms. The molecule has 0 saturated carbocycles. The van der Waals surface area contributed by atoms with Gasteiger partial charge in [-0.15, -0.1) is 0 Å². The molecular weight excluding hydrogens is 270 g/mol. The fourth-order valence-electron chi connectivity index (χ4n) is 2.00. The average molecular weight is 293 g/mol. The Kier molecular flexibility index (Phi) is 8.12. The van der Waals surface area contributed by atoms with Crippen LogP contribution in [0, 0.1) is 0 Å². The minimum Gasteiger partial charge on any atom is -0.469 e. The lowest BCUT2D eigenvalue weighted by Gasteiger charge is -2.15. The zero-order chi connectivity index (χ0) is 15.5. The molecule has 5 nitrogen and oxygen atoms in total. The summed E-state index contributed by atoms with van der Waals surface area (Å²) < 4.78 is 9.69. The van der Waals surface area contributed by atoms with Crippen molar-refractivity contribution in [1.29, 1.82) is 0 Å². The van der Waals surface area contributed by atoms with Crippen LogP contribution in [-0.4, -0.2) is 38.7 Å². The Balaban J connectivity index is 2.38. The highest BCUT2D eigenvalue weighted by Gasteiger charge is 2.20. The first-order chi connectivity index (χ1) is 10.2. The number of methoxy groups -OCH3 is 1. The number of ether oxygens (including phenoxy) is 2. The quantitative estimate of drug-likeness (QED) is 0.556. The molecule has 0 aliphatic heterocycles. The zero-order valence-corrected chi connectivity index (χ0v) is 12.6. The predicted octanol–water partition coefficient (Wildman–Crippen LogP) is 1.88. The van der Waals surface area contributed by atoms with E-state index >= 15 is 0 Å². The number of hydrogen-bond donors (Lipinski definition) is 1. The molecule has 0 fully saturated rings. The van der Waals surface area contributed by atoms with Crippen molar-refractivity contribution < 1.29 is 19.1 Å². The van der Waals surface area contributed by atoms with Crippen LogP contribution < -0.4 is 5.32 Å². The first-order valence-corrected chi connectivity index (χ1v) is 7.18. The summed E-state index contributed by atoms with van der Waals surface area (Å²) in [5, 5.41) is 3.19. The Labute approximate surface area is 125 Å². The molecular formula is C16H23NO4. The van der Waals surface area contributed by atoms with Gasteiger partial charge in [-0.2, -0.15) is 0 Å². The number of carbonyl (C=O) groups is 2. The summed E-state index contributed by atoms with van der Waals surface area (Å²) in [6, 6.07) is 9.51. The highest BCUT2D eigenvalue weighted by molar-refractivity contribution is 5.78. The van der Waals surface area contributed by atoms with Gasteiger partial charge in [-0.1, -0.05) is 30.3 Å². The van der Waals surface area contributed by atoms with Gasteiger partial charge in [-0.3, -0.25) is 9.59 Å². The summed E-state index contributed by atoms with van der Waals surface area (Å²) in [6.07, 6.45) is 1.07. The van der Waals surface area contributed by atoms with Crippen LogP contribution in [0.2, 0.25) is 0 Å². The van der Waals surface area contributed by atoms with E-state index in [2.05, 4.69) is 5.32 Å². The maximum absolute atomic E-state index is 11.8. The number of hydrogen-bond acceptors (Lipinski definition) is 5. The second-order valence-electron chi connectivity index (χ2n) is 4.60. The van der Waals surface area contributed by atoms with Gasteiger partial charge in [-0.05, 0) is 25.5 Å². The summed E-state index contributed by atoms with van der Waals surface area (Å²) in [5.74, 6) is -0.787. The van der Waals surface area contributed by atoms with E-state index in [0.717, 1.165) is 5.56 Å². The van der Waals surface area contributed by atoms with Crippen molar-refractivity contribution in [3.63, 3.8) is 0 Å². The first kappa shape index (κ1) is 17.2. The predicted molar refractivity (Wildman–Crippen MR) is 79.9 cm³/mol. The Morgan fingerprint density at radius 3 is 2.57 bits per heavy atom. The van der Waals surface area contributed by atoms with Gasteiger partial charge < -0.3 is 14.8 Å². The second kappa shape index (κ2) is 9.94. The molecule has 1 rings (SSSR count). The van der Waals surface area contributed by atoms with Crippen LogP contribution in [-0.2, 0) is 19.1 Å². The third kappa shape index (κ3) is 6.40. The van der Waals surface area contributed by atoms with E-state index in [0.29, 0.717) is 32.5 Å². The van der Waals surface area contributed by atoms with E-state index < -0.39 is 0 Å². The SMILES string of the molecule is CCOC(=O)CCCNCC(C(=O)OC)c1ccccc1. The Morgan fingerprint density at radius 1 is 1.24 bits per heavy atom. The van der Waals surface area contributed by atoms with Crippen LogP contribution in [0.5, 0.6) is 0 Å². The zero-order valence-electron chi connectivity index (χ0n) is 12.6. The van der Waals surface area contributed by atoms with E-state index in [1.54, 1.807) is 6.92 Å². The molecule has 1 aromatic rings. The summed E-state index contributed by atoms with van der Waals surface area (Å²) in [7, 11) is 1.39. The number of nitrogens with one attached hydrogen (secondary N) is 1. The van der Waals surface area contributed by atoms with Gasteiger partial charge in [0.05, 0.1) is 19.6 Å². The minimum atomic E-state index is -0.334. The molecule has 1 atom stereocenters. The van der Waals surface area contributed by atoms with E-state index in [9.17, 15) is 9.59 Å². The van der Waals surface area contributed by atoms with Gasteiger partial charge in [0.25, 0.3) is 0 Å². The lowest BCUT2D eigenvalue weighted by atomic mass is 9.99. The van der Waals surface area contributed by atoms with Crippen molar-refractivity contribution in [1.82, 2.24) is 5.32 Å². The fraction of sp³-hybridized carbons (Fsp3) is 0.500. The van der Waals surface area contributed by atoms with E-state index in [-0.39, 0.29) is 17.9 Å². The van der Waals surface area contributed by atoms with Gasteiger partial charge >= 0.3 is 11.9 Å². The van der Waals surface area contributed by atoms with Gasteiger partial charge in [0.1, 0.15) is 0 Å². The molecule has 0 aliphatic rings. The Morgan fingerprint density at radius 2 is 1.95 bits per heavy atom. The van der Waals surface area contributed by atoms with Crippen molar-refractivity contribution in [3.05, 3.63) is 35.9 Å². The molecule has 1 unspecified atom stereocenters. The normalized spacial score (nSPS) is 11.7.